The summed E-state index contributed by atoms with van der Waals surface area (Å²) in [7, 11) is 0. The minimum Gasteiger partial charge on any atom is -0.419 e. The number of benzene rings is 1. The zero-order chi connectivity index (χ0) is 12.3. The average Bonchev–Trinajstić information content (AvgIpc) is 2.79. The average molecular weight is 231 g/mol. The summed E-state index contributed by atoms with van der Waals surface area (Å²) in [6.45, 7) is 7.72. The van der Waals surface area contributed by atoms with Gasteiger partial charge in [0.05, 0.1) is 6.54 Å². The molecule has 0 atom stereocenters. The Morgan fingerprint density at radius 2 is 2.00 bits per heavy atom. The van der Waals surface area contributed by atoms with E-state index in [4.69, 9.17) is 4.42 Å². The van der Waals surface area contributed by atoms with E-state index in [1.54, 1.807) is 0 Å². The maximum atomic E-state index is 5.58. The Morgan fingerprint density at radius 1 is 1.18 bits per heavy atom. The molecular weight excluding hydrogens is 214 g/mol. The lowest BCUT2D eigenvalue weighted by molar-refractivity contribution is 0.482. The summed E-state index contributed by atoms with van der Waals surface area (Å²) in [5, 5.41) is 11.2. The summed E-state index contributed by atoms with van der Waals surface area (Å²) < 4.78 is 5.58. The van der Waals surface area contributed by atoms with Gasteiger partial charge in [0, 0.05) is 5.56 Å². The molecule has 0 unspecified atom stereocenters. The Hall–Kier alpha value is -1.68. The van der Waals surface area contributed by atoms with E-state index in [1.807, 2.05) is 13.0 Å². The van der Waals surface area contributed by atoms with Crippen LogP contribution in [0.15, 0.2) is 22.6 Å². The highest BCUT2D eigenvalue weighted by molar-refractivity contribution is 5.55. The number of nitrogens with zero attached hydrogens (tertiary/aromatic N) is 2. The Kier molecular flexibility index (Phi) is 3.54. The van der Waals surface area contributed by atoms with Gasteiger partial charge in [-0.3, -0.25) is 0 Å². The highest BCUT2D eigenvalue weighted by Gasteiger charge is 2.08. The number of aryl methyl sites for hydroxylation is 2. The molecular formula is C13H17N3O. The Morgan fingerprint density at radius 3 is 2.71 bits per heavy atom. The highest BCUT2D eigenvalue weighted by Crippen LogP contribution is 2.20. The molecule has 0 bridgehead atoms. The summed E-state index contributed by atoms with van der Waals surface area (Å²) in [6.07, 6.45) is 0. The fourth-order valence-corrected chi connectivity index (χ4v) is 1.55. The van der Waals surface area contributed by atoms with Gasteiger partial charge in [-0.05, 0) is 43.7 Å². The van der Waals surface area contributed by atoms with Gasteiger partial charge in [-0.15, -0.1) is 10.2 Å². The van der Waals surface area contributed by atoms with Crippen molar-refractivity contribution in [1.82, 2.24) is 15.5 Å². The summed E-state index contributed by atoms with van der Waals surface area (Å²) in [5.41, 5.74) is 3.47. The maximum Gasteiger partial charge on any atom is 0.247 e. The van der Waals surface area contributed by atoms with Crippen LogP contribution in [0, 0.1) is 13.8 Å². The Balaban J connectivity index is 2.21. The van der Waals surface area contributed by atoms with Gasteiger partial charge >= 0.3 is 0 Å². The van der Waals surface area contributed by atoms with Crippen molar-refractivity contribution in [2.45, 2.75) is 27.3 Å². The van der Waals surface area contributed by atoms with Crippen LogP contribution in [-0.2, 0) is 6.54 Å². The molecule has 0 aliphatic heterocycles. The molecule has 0 radical (unpaired) electrons. The predicted molar refractivity (Wildman–Crippen MR) is 66.6 cm³/mol. The van der Waals surface area contributed by atoms with Crippen LogP contribution in [0.4, 0.5) is 0 Å². The van der Waals surface area contributed by atoms with Crippen molar-refractivity contribution in [3.05, 3.63) is 35.2 Å². The molecule has 17 heavy (non-hydrogen) atoms. The SMILES string of the molecule is CCNCc1nnc(-c2ccc(C)c(C)c2)o1. The molecule has 2 rings (SSSR count). The molecule has 0 aliphatic carbocycles. The molecule has 1 aromatic carbocycles. The summed E-state index contributed by atoms with van der Waals surface area (Å²) in [4.78, 5) is 0. The monoisotopic (exact) mass is 231 g/mol. The van der Waals surface area contributed by atoms with Gasteiger partial charge in [-0.2, -0.15) is 0 Å². The summed E-state index contributed by atoms with van der Waals surface area (Å²) in [5.74, 6) is 1.21. The van der Waals surface area contributed by atoms with Crippen LogP contribution in [0.25, 0.3) is 11.5 Å². The number of nitrogens with one attached hydrogen (secondary N) is 1. The number of aromatic nitrogens is 2. The van der Waals surface area contributed by atoms with Crippen molar-refractivity contribution in [3.63, 3.8) is 0 Å². The number of hydrogen-bond acceptors (Lipinski definition) is 4. The Bertz CT molecular complexity index is 505. The van der Waals surface area contributed by atoms with Gasteiger partial charge in [-0.25, -0.2) is 0 Å². The van der Waals surface area contributed by atoms with E-state index < -0.39 is 0 Å². The smallest absolute Gasteiger partial charge is 0.247 e. The van der Waals surface area contributed by atoms with Gasteiger partial charge in [0.2, 0.25) is 11.8 Å². The second-order valence-electron chi connectivity index (χ2n) is 4.08. The normalized spacial score (nSPS) is 10.8. The third-order valence-electron chi connectivity index (χ3n) is 2.75. The van der Waals surface area contributed by atoms with E-state index in [0.29, 0.717) is 18.3 Å². The molecule has 0 amide bonds. The van der Waals surface area contributed by atoms with Crippen LogP contribution >= 0.6 is 0 Å². The minimum absolute atomic E-state index is 0.584. The fraction of sp³-hybridized carbons (Fsp3) is 0.385. The van der Waals surface area contributed by atoms with Crippen molar-refractivity contribution in [2.24, 2.45) is 0 Å². The van der Waals surface area contributed by atoms with Crippen molar-refractivity contribution in [2.75, 3.05) is 6.54 Å². The molecule has 0 fully saturated rings. The van der Waals surface area contributed by atoms with Crippen molar-refractivity contribution in [1.29, 1.82) is 0 Å². The molecule has 1 aromatic heterocycles. The van der Waals surface area contributed by atoms with Gasteiger partial charge in [-0.1, -0.05) is 13.0 Å². The third kappa shape index (κ3) is 2.71. The molecule has 0 spiro atoms. The molecule has 2 aromatic rings. The second kappa shape index (κ2) is 5.10. The quantitative estimate of drug-likeness (QED) is 0.878. The number of rotatable bonds is 4. The minimum atomic E-state index is 0.584. The Labute approximate surface area is 101 Å². The van der Waals surface area contributed by atoms with Gasteiger partial charge in [0.25, 0.3) is 0 Å². The van der Waals surface area contributed by atoms with E-state index in [-0.39, 0.29) is 0 Å². The lowest BCUT2D eigenvalue weighted by atomic mass is 10.1. The van der Waals surface area contributed by atoms with E-state index >= 15 is 0 Å². The third-order valence-corrected chi connectivity index (χ3v) is 2.75. The van der Waals surface area contributed by atoms with Crippen LogP contribution < -0.4 is 5.32 Å². The standard InChI is InChI=1S/C13H17N3O/c1-4-14-8-12-15-16-13(17-12)11-6-5-9(2)10(3)7-11/h5-7,14H,4,8H2,1-3H3. The van der Waals surface area contributed by atoms with E-state index in [2.05, 4.69) is 41.5 Å². The fourth-order valence-electron chi connectivity index (χ4n) is 1.55. The number of hydrogen-bond donors (Lipinski definition) is 1. The molecule has 4 heteroatoms. The molecule has 0 saturated carbocycles. The van der Waals surface area contributed by atoms with Crippen LogP contribution in [0.5, 0.6) is 0 Å². The first-order chi connectivity index (χ1) is 8.20. The first-order valence-corrected chi connectivity index (χ1v) is 5.81. The van der Waals surface area contributed by atoms with Crippen LogP contribution in [-0.4, -0.2) is 16.7 Å². The lowest BCUT2D eigenvalue weighted by Gasteiger charge is -2.01. The summed E-state index contributed by atoms with van der Waals surface area (Å²) >= 11 is 0. The predicted octanol–water partition coefficient (Wildman–Crippen LogP) is 2.46. The highest BCUT2D eigenvalue weighted by atomic mass is 16.4. The molecule has 1 N–H and O–H groups in total. The summed E-state index contributed by atoms with van der Waals surface area (Å²) in [6, 6.07) is 6.14. The van der Waals surface area contributed by atoms with Gasteiger partial charge < -0.3 is 9.73 Å². The molecule has 4 nitrogen and oxygen atoms in total. The van der Waals surface area contributed by atoms with Crippen LogP contribution in [0.2, 0.25) is 0 Å². The zero-order valence-corrected chi connectivity index (χ0v) is 10.4. The van der Waals surface area contributed by atoms with Gasteiger partial charge in [0.15, 0.2) is 0 Å². The molecule has 90 valence electrons. The van der Waals surface area contributed by atoms with Crippen molar-refractivity contribution < 1.29 is 4.42 Å². The second-order valence-corrected chi connectivity index (χ2v) is 4.08. The lowest BCUT2D eigenvalue weighted by Crippen LogP contribution is -2.11. The maximum absolute atomic E-state index is 5.58. The zero-order valence-electron chi connectivity index (χ0n) is 10.4. The van der Waals surface area contributed by atoms with E-state index in [9.17, 15) is 0 Å². The molecule has 0 saturated heterocycles. The first kappa shape index (κ1) is 11.8. The molecule has 1 heterocycles. The van der Waals surface area contributed by atoms with E-state index in [1.165, 1.54) is 11.1 Å². The molecule has 0 aliphatic rings. The van der Waals surface area contributed by atoms with Crippen LogP contribution in [0.1, 0.15) is 23.9 Å². The van der Waals surface area contributed by atoms with E-state index in [0.717, 1.165) is 12.1 Å². The van der Waals surface area contributed by atoms with Crippen LogP contribution in [0.3, 0.4) is 0 Å². The van der Waals surface area contributed by atoms with Gasteiger partial charge in [0.1, 0.15) is 0 Å². The van der Waals surface area contributed by atoms with Crippen molar-refractivity contribution >= 4 is 0 Å². The topological polar surface area (TPSA) is 51.0 Å². The van der Waals surface area contributed by atoms with Crippen molar-refractivity contribution in [3.8, 4) is 11.5 Å². The largest absolute Gasteiger partial charge is 0.419 e. The first-order valence-electron chi connectivity index (χ1n) is 5.81.